The number of hydrogen-bond acceptors (Lipinski definition) is 6. The summed E-state index contributed by atoms with van der Waals surface area (Å²) in [7, 11) is 1.29. The molecule has 2 aromatic carbocycles. The molecule has 0 radical (unpaired) electrons. The molecule has 3 rings (SSSR count). The van der Waals surface area contributed by atoms with Crippen LogP contribution in [0.2, 0.25) is 0 Å². The number of para-hydroxylation sites is 1. The van der Waals surface area contributed by atoms with E-state index >= 15 is 0 Å². The first-order valence-corrected chi connectivity index (χ1v) is 10.5. The first-order chi connectivity index (χ1) is 14.1. The van der Waals surface area contributed by atoms with Gasteiger partial charge in [0.1, 0.15) is 0 Å². The van der Waals surface area contributed by atoms with Gasteiger partial charge >= 0.3 is 5.97 Å². The molecule has 148 valence electrons. The summed E-state index contributed by atoms with van der Waals surface area (Å²) >= 11 is 2.73. The normalized spacial score (nSPS) is 10.2. The third-order valence-electron chi connectivity index (χ3n) is 3.83. The first-order valence-electron chi connectivity index (χ1n) is 8.61. The molecule has 0 saturated carbocycles. The van der Waals surface area contributed by atoms with Gasteiger partial charge in [-0.2, -0.15) is 0 Å². The molecule has 29 heavy (non-hydrogen) atoms. The molecule has 0 spiro atoms. The Morgan fingerprint density at radius 2 is 1.72 bits per heavy atom. The quantitative estimate of drug-likeness (QED) is 0.429. The number of hydrogen-bond donors (Lipinski definition) is 2. The molecule has 3 aromatic rings. The summed E-state index contributed by atoms with van der Waals surface area (Å²) in [6.07, 6.45) is 0. The van der Waals surface area contributed by atoms with Gasteiger partial charge in [0.15, 0.2) is 0 Å². The number of carbonyl (C=O) groups is 3. The van der Waals surface area contributed by atoms with Crippen molar-refractivity contribution in [3.05, 3.63) is 76.5 Å². The molecule has 2 N–H and O–H groups in total. The van der Waals surface area contributed by atoms with Crippen LogP contribution in [0.1, 0.15) is 20.0 Å². The second kappa shape index (κ2) is 9.90. The van der Waals surface area contributed by atoms with E-state index in [-0.39, 0.29) is 17.6 Å². The fourth-order valence-electron chi connectivity index (χ4n) is 2.45. The SMILES string of the molecule is COC(=O)c1ccccc1NC(=O)CSc1ccc(NC(=O)c2cccs2)cc1. The molecular weight excluding hydrogens is 408 g/mol. The monoisotopic (exact) mass is 426 g/mol. The van der Waals surface area contributed by atoms with Crippen LogP contribution in [0.4, 0.5) is 11.4 Å². The van der Waals surface area contributed by atoms with Crippen LogP contribution in [0.15, 0.2) is 70.9 Å². The number of thioether (sulfide) groups is 1. The van der Waals surface area contributed by atoms with Crippen molar-refractivity contribution in [3.63, 3.8) is 0 Å². The minimum Gasteiger partial charge on any atom is -0.465 e. The molecule has 0 aliphatic heterocycles. The molecule has 0 atom stereocenters. The van der Waals surface area contributed by atoms with Crippen LogP contribution in [0, 0.1) is 0 Å². The molecule has 0 aliphatic rings. The topological polar surface area (TPSA) is 84.5 Å². The highest BCUT2D eigenvalue weighted by atomic mass is 32.2. The van der Waals surface area contributed by atoms with Gasteiger partial charge < -0.3 is 15.4 Å². The summed E-state index contributed by atoms with van der Waals surface area (Å²) in [5.74, 6) is -0.713. The summed E-state index contributed by atoms with van der Waals surface area (Å²) in [6, 6.07) is 17.5. The Morgan fingerprint density at radius 1 is 0.966 bits per heavy atom. The molecule has 2 amide bonds. The van der Waals surface area contributed by atoms with Crippen LogP contribution in [-0.4, -0.2) is 30.6 Å². The van der Waals surface area contributed by atoms with E-state index in [9.17, 15) is 14.4 Å². The lowest BCUT2D eigenvalue weighted by Crippen LogP contribution is -2.17. The summed E-state index contributed by atoms with van der Waals surface area (Å²) in [6.45, 7) is 0. The zero-order valence-corrected chi connectivity index (χ0v) is 17.1. The second-order valence-corrected chi connectivity index (χ2v) is 7.83. The average molecular weight is 427 g/mol. The molecule has 0 fully saturated rings. The van der Waals surface area contributed by atoms with Crippen LogP contribution in [0.25, 0.3) is 0 Å². The van der Waals surface area contributed by atoms with Gasteiger partial charge in [-0.05, 0) is 47.8 Å². The number of esters is 1. The van der Waals surface area contributed by atoms with Crippen LogP contribution >= 0.6 is 23.1 Å². The average Bonchev–Trinajstić information content (AvgIpc) is 3.28. The van der Waals surface area contributed by atoms with Crippen molar-refractivity contribution in [2.24, 2.45) is 0 Å². The summed E-state index contributed by atoms with van der Waals surface area (Å²) in [5.41, 5.74) is 1.40. The molecule has 0 saturated heterocycles. The fraction of sp³-hybridized carbons (Fsp3) is 0.0952. The zero-order chi connectivity index (χ0) is 20.6. The van der Waals surface area contributed by atoms with Crippen molar-refractivity contribution in [3.8, 4) is 0 Å². The van der Waals surface area contributed by atoms with Gasteiger partial charge in [0.25, 0.3) is 5.91 Å². The molecular formula is C21H18N2O4S2. The van der Waals surface area contributed by atoms with Crippen molar-refractivity contribution in [1.29, 1.82) is 0 Å². The van der Waals surface area contributed by atoms with Crippen molar-refractivity contribution in [2.45, 2.75) is 4.90 Å². The van der Waals surface area contributed by atoms with Crippen molar-refractivity contribution in [1.82, 2.24) is 0 Å². The van der Waals surface area contributed by atoms with Crippen LogP contribution < -0.4 is 10.6 Å². The third-order valence-corrected chi connectivity index (χ3v) is 5.71. The molecule has 0 bridgehead atoms. The van der Waals surface area contributed by atoms with E-state index in [1.807, 2.05) is 23.6 Å². The molecule has 0 aliphatic carbocycles. The maximum atomic E-state index is 12.3. The van der Waals surface area contributed by atoms with E-state index < -0.39 is 5.97 Å². The van der Waals surface area contributed by atoms with Gasteiger partial charge in [-0.15, -0.1) is 23.1 Å². The molecule has 1 aromatic heterocycles. The van der Waals surface area contributed by atoms with Crippen molar-refractivity contribution < 1.29 is 19.1 Å². The van der Waals surface area contributed by atoms with Gasteiger partial charge in [-0.3, -0.25) is 9.59 Å². The highest BCUT2D eigenvalue weighted by Crippen LogP contribution is 2.22. The summed E-state index contributed by atoms with van der Waals surface area (Å²) in [5, 5.41) is 7.41. The predicted molar refractivity (Wildman–Crippen MR) is 116 cm³/mol. The molecule has 6 nitrogen and oxygen atoms in total. The predicted octanol–water partition coefficient (Wildman–Crippen LogP) is 4.52. The molecule has 1 heterocycles. The number of benzene rings is 2. The van der Waals surface area contributed by atoms with Gasteiger partial charge in [-0.1, -0.05) is 18.2 Å². The van der Waals surface area contributed by atoms with E-state index in [0.29, 0.717) is 21.8 Å². The Kier molecular flexibility index (Phi) is 7.04. The smallest absolute Gasteiger partial charge is 0.339 e. The maximum Gasteiger partial charge on any atom is 0.339 e. The number of anilines is 2. The van der Waals surface area contributed by atoms with Gasteiger partial charge in [0, 0.05) is 10.6 Å². The zero-order valence-electron chi connectivity index (χ0n) is 15.5. The van der Waals surface area contributed by atoms with Crippen molar-refractivity contribution >= 4 is 52.3 Å². The Bertz CT molecular complexity index is 1000. The summed E-state index contributed by atoms with van der Waals surface area (Å²) in [4.78, 5) is 37.6. The Labute approximate surface area is 176 Å². The van der Waals surface area contributed by atoms with E-state index in [2.05, 4.69) is 10.6 Å². The lowest BCUT2D eigenvalue weighted by molar-refractivity contribution is -0.113. The van der Waals surface area contributed by atoms with E-state index in [4.69, 9.17) is 4.74 Å². The molecule has 8 heteroatoms. The Hall–Kier alpha value is -3.10. The fourth-order valence-corrected chi connectivity index (χ4v) is 3.77. The number of amides is 2. The number of carbonyl (C=O) groups excluding carboxylic acids is 3. The second-order valence-electron chi connectivity index (χ2n) is 5.83. The highest BCUT2D eigenvalue weighted by Gasteiger charge is 2.13. The number of thiophene rings is 1. The lowest BCUT2D eigenvalue weighted by atomic mass is 10.2. The van der Waals surface area contributed by atoms with E-state index in [1.165, 1.54) is 30.2 Å². The lowest BCUT2D eigenvalue weighted by Gasteiger charge is -2.09. The van der Waals surface area contributed by atoms with Crippen LogP contribution in [-0.2, 0) is 9.53 Å². The Morgan fingerprint density at radius 3 is 2.41 bits per heavy atom. The standard InChI is InChI=1S/C21H18N2O4S2/c1-27-21(26)16-5-2-3-6-17(16)23-19(24)13-29-15-10-8-14(9-11-15)22-20(25)18-7-4-12-28-18/h2-12H,13H2,1H3,(H,22,25)(H,23,24). The van der Waals surface area contributed by atoms with E-state index in [1.54, 1.807) is 42.5 Å². The van der Waals surface area contributed by atoms with Gasteiger partial charge in [0.05, 0.1) is 29.0 Å². The van der Waals surface area contributed by atoms with Gasteiger partial charge in [-0.25, -0.2) is 4.79 Å². The largest absolute Gasteiger partial charge is 0.465 e. The Balaban J connectivity index is 1.53. The minimum absolute atomic E-state index is 0.149. The number of methoxy groups -OCH3 is 1. The first kappa shape index (κ1) is 20.6. The van der Waals surface area contributed by atoms with Crippen LogP contribution in [0.5, 0.6) is 0 Å². The number of ether oxygens (including phenoxy) is 1. The van der Waals surface area contributed by atoms with E-state index in [0.717, 1.165) is 4.90 Å². The summed E-state index contributed by atoms with van der Waals surface area (Å²) < 4.78 is 4.73. The third kappa shape index (κ3) is 5.69. The molecule has 0 unspecified atom stereocenters. The van der Waals surface area contributed by atoms with Crippen molar-refractivity contribution in [2.75, 3.05) is 23.5 Å². The minimum atomic E-state index is -0.506. The highest BCUT2D eigenvalue weighted by molar-refractivity contribution is 8.00. The van der Waals surface area contributed by atoms with Gasteiger partial charge in [0.2, 0.25) is 5.91 Å². The van der Waals surface area contributed by atoms with Crippen LogP contribution in [0.3, 0.4) is 0 Å². The number of rotatable bonds is 7. The number of nitrogens with one attached hydrogen (secondary N) is 2. The maximum absolute atomic E-state index is 12.3.